The summed E-state index contributed by atoms with van der Waals surface area (Å²) >= 11 is 0. The number of rotatable bonds is 4. The van der Waals surface area contributed by atoms with Crippen LogP contribution in [-0.2, 0) is 14.6 Å². The number of carbonyl (C=O) groups is 1. The Morgan fingerprint density at radius 2 is 1.78 bits per heavy atom. The molecule has 4 nitrogen and oxygen atoms in total. The molecule has 0 heterocycles. The minimum absolute atomic E-state index is 0.197. The van der Waals surface area contributed by atoms with Crippen molar-refractivity contribution in [3.8, 4) is 0 Å². The zero-order valence-corrected chi connectivity index (χ0v) is 11.5. The molecule has 0 aliphatic rings. The molecule has 5 heteroatoms. The number of hydrogen-bond donors (Lipinski definition) is 1. The van der Waals surface area contributed by atoms with Crippen molar-refractivity contribution in [2.75, 3.05) is 5.32 Å². The van der Waals surface area contributed by atoms with Crippen LogP contribution in [-0.4, -0.2) is 19.1 Å². The van der Waals surface area contributed by atoms with E-state index in [0.717, 1.165) is 0 Å². The first-order chi connectivity index (χ1) is 8.20. The molecule has 0 bridgehead atoms. The largest absolute Gasteiger partial charge is 0.326 e. The Morgan fingerprint density at radius 3 is 2.17 bits per heavy atom. The van der Waals surface area contributed by atoms with Gasteiger partial charge in [-0.2, -0.15) is 0 Å². The molecule has 0 radical (unpaired) electrons. The third-order valence-corrected chi connectivity index (χ3v) is 5.11. The molecule has 18 heavy (non-hydrogen) atoms. The van der Waals surface area contributed by atoms with Gasteiger partial charge in [0.15, 0.2) is 9.84 Å². The van der Waals surface area contributed by atoms with E-state index in [-0.39, 0.29) is 10.8 Å². The van der Waals surface area contributed by atoms with Gasteiger partial charge >= 0.3 is 0 Å². The van der Waals surface area contributed by atoms with Gasteiger partial charge in [0, 0.05) is 12.6 Å². The molecular weight excluding hydrogens is 250 g/mol. The van der Waals surface area contributed by atoms with Crippen LogP contribution in [0.4, 0.5) is 5.69 Å². The molecule has 0 aliphatic carbocycles. The highest BCUT2D eigenvalue weighted by Gasteiger charge is 2.32. The first-order valence-electron chi connectivity index (χ1n) is 5.46. The summed E-state index contributed by atoms with van der Waals surface area (Å²) in [6, 6.07) is 6.08. The summed E-state index contributed by atoms with van der Waals surface area (Å²) in [5.41, 5.74) is 0.567. The van der Waals surface area contributed by atoms with Crippen molar-refractivity contribution >= 4 is 21.4 Å². The quantitative estimate of drug-likeness (QED) is 0.852. The summed E-state index contributed by atoms with van der Waals surface area (Å²) in [4.78, 5) is 11.1. The molecule has 0 aliphatic heterocycles. The Bertz CT molecular complexity index is 556. The van der Waals surface area contributed by atoms with Gasteiger partial charge in [0.2, 0.25) is 5.91 Å². The molecule has 0 saturated carbocycles. The smallest absolute Gasteiger partial charge is 0.221 e. The molecule has 0 atom stereocenters. The van der Waals surface area contributed by atoms with Crippen molar-refractivity contribution in [1.29, 1.82) is 0 Å². The van der Waals surface area contributed by atoms with Crippen LogP contribution in [0.25, 0.3) is 0 Å². The fraction of sp³-hybridized carbons (Fsp3) is 0.308. The van der Waals surface area contributed by atoms with Gasteiger partial charge in [-0.3, -0.25) is 4.79 Å². The van der Waals surface area contributed by atoms with Crippen LogP contribution in [0.1, 0.15) is 20.8 Å². The summed E-state index contributed by atoms with van der Waals surface area (Å²) in [5.74, 6) is -0.197. The van der Waals surface area contributed by atoms with E-state index in [1.807, 2.05) is 0 Å². The number of hydrogen-bond acceptors (Lipinski definition) is 3. The zero-order valence-electron chi connectivity index (χ0n) is 10.7. The van der Waals surface area contributed by atoms with Crippen molar-refractivity contribution in [2.24, 2.45) is 0 Å². The highest BCUT2D eigenvalue weighted by Crippen LogP contribution is 2.27. The van der Waals surface area contributed by atoms with Crippen LogP contribution in [0.15, 0.2) is 41.8 Å². The van der Waals surface area contributed by atoms with E-state index >= 15 is 0 Å². The average molecular weight is 267 g/mol. The van der Waals surface area contributed by atoms with Gasteiger partial charge in [0.1, 0.15) is 0 Å². The van der Waals surface area contributed by atoms with E-state index in [9.17, 15) is 13.2 Å². The maximum Gasteiger partial charge on any atom is 0.221 e. The minimum atomic E-state index is -3.46. The molecule has 0 fully saturated rings. The first kappa shape index (κ1) is 14.4. The summed E-state index contributed by atoms with van der Waals surface area (Å²) in [7, 11) is -3.46. The highest BCUT2D eigenvalue weighted by atomic mass is 32.2. The second kappa shape index (κ2) is 4.94. The van der Waals surface area contributed by atoms with Crippen molar-refractivity contribution in [3.63, 3.8) is 0 Å². The van der Waals surface area contributed by atoms with E-state index in [1.165, 1.54) is 25.1 Å². The maximum absolute atomic E-state index is 12.3. The lowest BCUT2D eigenvalue weighted by atomic mass is 10.2. The number of carbonyl (C=O) groups excluding carboxylic acids is 1. The summed E-state index contributed by atoms with van der Waals surface area (Å²) in [5, 5.41) is 2.58. The van der Waals surface area contributed by atoms with Gasteiger partial charge in [0.25, 0.3) is 0 Å². The molecular formula is C13H17NO3S. The molecule has 0 aromatic heterocycles. The van der Waals surface area contributed by atoms with E-state index < -0.39 is 14.6 Å². The summed E-state index contributed by atoms with van der Waals surface area (Å²) in [6.45, 7) is 8.13. The van der Waals surface area contributed by atoms with Gasteiger partial charge in [-0.15, -0.1) is 6.58 Å². The van der Waals surface area contributed by atoms with Crippen LogP contribution in [0.3, 0.4) is 0 Å². The number of amides is 1. The fourth-order valence-electron chi connectivity index (χ4n) is 1.33. The Morgan fingerprint density at radius 1 is 1.28 bits per heavy atom. The van der Waals surface area contributed by atoms with E-state index in [2.05, 4.69) is 11.9 Å². The molecule has 1 aromatic carbocycles. The number of sulfone groups is 1. The van der Waals surface area contributed by atoms with Gasteiger partial charge in [-0.1, -0.05) is 6.08 Å². The Labute approximate surface area is 108 Å². The Hall–Kier alpha value is -1.62. The van der Waals surface area contributed by atoms with Crippen molar-refractivity contribution in [2.45, 2.75) is 30.4 Å². The van der Waals surface area contributed by atoms with Crippen molar-refractivity contribution in [1.82, 2.24) is 0 Å². The third-order valence-electron chi connectivity index (χ3n) is 2.67. The number of benzene rings is 1. The van der Waals surface area contributed by atoms with Crippen molar-refractivity contribution in [3.05, 3.63) is 36.9 Å². The predicted molar refractivity (Wildman–Crippen MR) is 72.2 cm³/mol. The standard InChI is InChI=1S/C13H17NO3S/c1-5-13(3,4)18(16,17)12-8-6-11(7-9-12)14-10(2)15/h5-9H,1H2,2-4H3,(H,14,15). The molecule has 98 valence electrons. The van der Waals surface area contributed by atoms with Gasteiger partial charge in [-0.05, 0) is 38.1 Å². The SMILES string of the molecule is C=CC(C)(C)S(=O)(=O)c1ccc(NC(C)=O)cc1. The second-order valence-corrected chi connectivity index (χ2v) is 7.05. The minimum Gasteiger partial charge on any atom is -0.326 e. The second-order valence-electron chi connectivity index (χ2n) is 4.52. The van der Waals surface area contributed by atoms with Crippen LogP contribution in [0, 0.1) is 0 Å². The fourth-order valence-corrected chi connectivity index (χ4v) is 2.66. The molecule has 0 saturated heterocycles. The third kappa shape index (κ3) is 2.79. The van der Waals surface area contributed by atoms with Gasteiger partial charge in [0.05, 0.1) is 9.64 Å². The highest BCUT2D eigenvalue weighted by molar-refractivity contribution is 7.93. The monoisotopic (exact) mass is 267 g/mol. The summed E-state index contributed by atoms with van der Waals surface area (Å²) < 4.78 is 23.5. The Balaban J connectivity index is 3.13. The molecule has 1 N–H and O–H groups in total. The average Bonchev–Trinajstić information content (AvgIpc) is 2.28. The predicted octanol–water partition coefficient (Wildman–Crippen LogP) is 2.38. The van der Waals surface area contributed by atoms with Crippen LogP contribution >= 0.6 is 0 Å². The zero-order chi connectivity index (χ0) is 14.0. The molecule has 1 rings (SSSR count). The summed E-state index contributed by atoms with van der Waals surface area (Å²) in [6.07, 6.45) is 1.41. The van der Waals surface area contributed by atoms with E-state index in [0.29, 0.717) is 5.69 Å². The van der Waals surface area contributed by atoms with Crippen LogP contribution in [0.5, 0.6) is 0 Å². The van der Waals surface area contributed by atoms with Gasteiger partial charge < -0.3 is 5.32 Å². The van der Waals surface area contributed by atoms with Crippen molar-refractivity contribution < 1.29 is 13.2 Å². The lowest BCUT2D eigenvalue weighted by Crippen LogP contribution is -2.29. The molecule has 1 aromatic rings. The number of nitrogens with one attached hydrogen (secondary N) is 1. The van der Waals surface area contributed by atoms with Gasteiger partial charge in [-0.25, -0.2) is 8.42 Å². The van der Waals surface area contributed by atoms with Crippen LogP contribution < -0.4 is 5.32 Å². The number of anilines is 1. The van der Waals surface area contributed by atoms with E-state index in [1.54, 1.807) is 26.0 Å². The first-order valence-corrected chi connectivity index (χ1v) is 6.95. The van der Waals surface area contributed by atoms with E-state index in [4.69, 9.17) is 0 Å². The molecule has 0 unspecified atom stereocenters. The van der Waals surface area contributed by atoms with Crippen LogP contribution in [0.2, 0.25) is 0 Å². The lowest BCUT2D eigenvalue weighted by molar-refractivity contribution is -0.114. The topological polar surface area (TPSA) is 63.2 Å². The maximum atomic E-state index is 12.3. The Kier molecular flexibility index (Phi) is 3.96. The molecule has 1 amide bonds. The normalized spacial score (nSPS) is 11.9. The lowest BCUT2D eigenvalue weighted by Gasteiger charge is -2.20. The molecule has 0 spiro atoms.